The molecule has 3 aromatic carbocycles. The number of nitrogens with zero attached hydrogens (tertiary/aromatic N) is 1. The average molecular weight is 546 g/mol. The van der Waals surface area contributed by atoms with Crippen molar-refractivity contribution in [2.75, 3.05) is 45.4 Å². The number of fused-ring (bicyclic) bond motifs is 3. The van der Waals surface area contributed by atoms with E-state index in [-0.39, 0.29) is 11.7 Å². The average Bonchev–Trinajstić information content (AvgIpc) is 3.02. The minimum Gasteiger partial charge on any atom is -0.497 e. The zero-order chi connectivity index (χ0) is 28.7. The highest BCUT2D eigenvalue weighted by Crippen LogP contribution is 2.47. The number of anilines is 1. The molecule has 5 nitrogen and oxygen atoms in total. The van der Waals surface area contributed by atoms with Gasteiger partial charge >= 0.3 is 0 Å². The molecule has 2 unspecified atom stereocenters. The fourth-order valence-corrected chi connectivity index (χ4v) is 5.39. The molecule has 0 spiro atoms. The first-order chi connectivity index (χ1) is 19.5. The molecule has 40 heavy (non-hydrogen) atoms. The number of ether oxygens (including phenoxy) is 4. The summed E-state index contributed by atoms with van der Waals surface area (Å²) in [4.78, 5) is 2.35. The van der Waals surface area contributed by atoms with E-state index in [0.717, 1.165) is 46.8 Å². The Morgan fingerprint density at radius 3 is 2.33 bits per heavy atom. The van der Waals surface area contributed by atoms with Crippen LogP contribution in [0.2, 0.25) is 0 Å². The van der Waals surface area contributed by atoms with Crippen LogP contribution < -0.4 is 14.4 Å². The SMILES string of the molecule is C/C=C(OC)\C(F)=C/C(C)C1(c2ccc(OC)cc2)C=Cc2c(cc(N3CCOCC3)c3ccccc23)O1.CC. The second kappa shape index (κ2) is 13.1. The molecule has 3 aromatic rings. The number of hydrogen-bond donors (Lipinski definition) is 0. The molecule has 2 aliphatic rings. The normalized spacial score (nSPS) is 19.7. The van der Waals surface area contributed by atoms with Crippen LogP contribution in [0, 0.1) is 5.92 Å². The lowest BCUT2D eigenvalue weighted by Gasteiger charge is -2.40. The van der Waals surface area contributed by atoms with Crippen molar-refractivity contribution < 1.29 is 23.3 Å². The van der Waals surface area contributed by atoms with E-state index in [9.17, 15) is 0 Å². The Kier molecular flexibility index (Phi) is 9.54. The van der Waals surface area contributed by atoms with Crippen LogP contribution in [-0.2, 0) is 15.1 Å². The Morgan fingerprint density at radius 1 is 1.02 bits per heavy atom. The Balaban J connectivity index is 0.00000181. The number of hydrogen-bond acceptors (Lipinski definition) is 5. The summed E-state index contributed by atoms with van der Waals surface area (Å²) in [7, 11) is 3.11. The minimum absolute atomic E-state index is 0.197. The molecule has 5 rings (SSSR count). The van der Waals surface area contributed by atoms with Crippen molar-refractivity contribution in [3.63, 3.8) is 0 Å². The highest BCUT2D eigenvalue weighted by atomic mass is 19.1. The molecule has 1 saturated heterocycles. The van der Waals surface area contributed by atoms with Gasteiger partial charge in [0.25, 0.3) is 0 Å². The van der Waals surface area contributed by atoms with Crippen molar-refractivity contribution in [1.29, 1.82) is 0 Å². The van der Waals surface area contributed by atoms with Gasteiger partial charge in [-0.25, -0.2) is 4.39 Å². The predicted octanol–water partition coefficient (Wildman–Crippen LogP) is 8.05. The van der Waals surface area contributed by atoms with Gasteiger partial charge in [-0.05, 0) is 42.7 Å². The molecule has 0 radical (unpaired) electrons. The molecular formula is C34H40FNO4. The van der Waals surface area contributed by atoms with Crippen LogP contribution in [0.4, 0.5) is 10.1 Å². The molecular weight excluding hydrogens is 505 g/mol. The summed E-state index contributed by atoms with van der Waals surface area (Å²) in [6.45, 7) is 10.7. The number of rotatable bonds is 7. The first-order valence-corrected chi connectivity index (χ1v) is 14.0. The highest BCUT2D eigenvalue weighted by molar-refractivity contribution is 6.02. The highest BCUT2D eigenvalue weighted by Gasteiger charge is 2.41. The second-order valence-electron chi connectivity index (χ2n) is 9.57. The van der Waals surface area contributed by atoms with E-state index in [1.54, 1.807) is 26.2 Å². The van der Waals surface area contributed by atoms with Crippen LogP contribution in [0.3, 0.4) is 0 Å². The fraction of sp³-hybridized carbons (Fsp3) is 0.353. The van der Waals surface area contributed by atoms with Crippen LogP contribution in [-0.4, -0.2) is 40.5 Å². The lowest BCUT2D eigenvalue weighted by atomic mass is 9.79. The molecule has 2 aliphatic heterocycles. The molecule has 212 valence electrons. The molecule has 0 N–H and O–H groups in total. The van der Waals surface area contributed by atoms with Gasteiger partial charge in [0, 0.05) is 47.3 Å². The van der Waals surface area contributed by atoms with Crippen molar-refractivity contribution in [1.82, 2.24) is 0 Å². The van der Waals surface area contributed by atoms with E-state index in [1.165, 1.54) is 12.5 Å². The Bertz CT molecular complexity index is 1390. The van der Waals surface area contributed by atoms with Crippen LogP contribution in [0.1, 0.15) is 38.8 Å². The summed E-state index contributed by atoms with van der Waals surface area (Å²) in [6, 6.07) is 18.3. The van der Waals surface area contributed by atoms with Crippen molar-refractivity contribution >= 4 is 22.5 Å². The number of morpholine rings is 1. The number of benzene rings is 3. The van der Waals surface area contributed by atoms with Crippen LogP contribution >= 0.6 is 0 Å². The van der Waals surface area contributed by atoms with Crippen LogP contribution in [0.25, 0.3) is 16.8 Å². The first-order valence-electron chi connectivity index (χ1n) is 14.0. The van der Waals surface area contributed by atoms with Gasteiger partial charge in [0.05, 0.1) is 27.4 Å². The summed E-state index contributed by atoms with van der Waals surface area (Å²) in [5.74, 6) is 0.911. The number of allylic oxidation sites excluding steroid dienone is 2. The van der Waals surface area contributed by atoms with Gasteiger partial charge in [0.1, 0.15) is 17.3 Å². The lowest BCUT2D eigenvalue weighted by Crippen LogP contribution is -2.39. The smallest absolute Gasteiger partial charge is 0.161 e. The second-order valence-corrected chi connectivity index (χ2v) is 9.57. The molecule has 0 saturated carbocycles. The maximum absolute atomic E-state index is 15.2. The van der Waals surface area contributed by atoms with Gasteiger partial charge in [-0.3, -0.25) is 0 Å². The van der Waals surface area contributed by atoms with Crippen LogP contribution in [0.5, 0.6) is 11.5 Å². The van der Waals surface area contributed by atoms with E-state index in [0.29, 0.717) is 13.2 Å². The third kappa shape index (κ3) is 5.59. The maximum atomic E-state index is 15.2. The zero-order valence-corrected chi connectivity index (χ0v) is 24.4. The van der Waals surface area contributed by atoms with E-state index in [2.05, 4.69) is 47.4 Å². The van der Waals surface area contributed by atoms with E-state index in [1.807, 2.05) is 45.0 Å². The molecule has 2 atom stereocenters. The standard InChI is InChI=1S/C32H34FNO4.C2H6/c1-5-30(36-4)28(33)20-22(2)32(23-10-12-24(35-3)13-11-23)15-14-27-25-8-6-7-9-26(25)29(21-31(27)38-32)34-16-18-37-19-17-34;1-2/h5-15,20-22H,16-19H2,1-4H3;1-2H3/b28-20+,30-5+;. The largest absolute Gasteiger partial charge is 0.497 e. The van der Waals surface area contributed by atoms with Crippen molar-refractivity contribution in [3.8, 4) is 11.5 Å². The molecule has 1 fully saturated rings. The first kappa shape index (κ1) is 29.2. The van der Waals surface area contributed by atoms with Gasteiger partial charge in [0.2, 0.25) is 0 Å². The Hall–Kier alpha value is -3.77. The maximum Gasteiger partial charge on any atom is 0.161 e. The van der Waals surface area contributed by atoms with E-state index >= 15 is 4.39 Å². The van der Waals surface area contributed by atoms with Gasteiger partial charge in [-0.15, -0.1) is 0 Å². The number of methoxy groups -OCH3 is 2. The third-order valence-electron chi connectivity index (χ3n) is 7.49. The lowest BCUT2D eigenvalue weighted by molar-refractivity contribution is 0.0770. The van der Waals surface area contributed by atoms with Gasteiger partial charge in [-0.2, -0.15) is 0 Å². The molecule has 0 amide bonds. The molecule has 0 bridgehead atoms. The summed E-state index contributed by atoms with van der Waals surface area (Å²) < 4.78 is 38.4. The summed E-state index contributed by atoms with van der Waals surface area (Å²) in [6.07, 6.45) is 7.35. The van der Waals surface area contributed by atoms with Crippen molar-refractivity contribution in [3.05, 3.63) is 95.5 Å². The van der Waals surface area contributed by atoms with E-state index in [4.69, 9.17) is 18.9 Å². The summed E-state index contributed by atoms with van der Waals surface area (Å²) in [5.41, 5.74) is 2.08. The van der Waals surface area contributed by atoms with Crippen molar-refractivity contribution in [2.24, 2.45) is 5.92 Å². The Morgan fingerprint density at radius 2 is 1.70 bits per heavy atom. The van der Waals surface area contributed by atoms with Crippen LogP contribution in [0.15, 0.2) is 84.4 Å². The topological polar surface area (TPSA) is 40.2 Å². The van der Waals surface area contributed by atoms with E-state index < -0.39 is 11.4 Å². The molecule has 2 heterocycles. The third-order valence-corrected chi connectivity index (χ3v) is 7.49. The predicted molar refractivity (Wildman–Crippen MR) is 162 cm³/mol. The number of halogens is 1. The zero-order valence-electron chi connectivity index (χ0n) is 24.4. The summed E-state index contributed by atoms with van der Waals surface area (Å²) in [5, 5.41) is 2.30. The quantitative estimate of drug-likeness (QED) is 0.222. The Labute approximate surface area is 237 Å². The molecule has 0 aliphatic carbocycles. The van der Waals surface area contributed by atoms with Gasteiger partial charge < -0.3 is 23.8 Å². The fourth-order valence-electron chi connectivity index (χ4n) is 5.39. The molecule has 6 heteroatoms. The minimum atomic E-state index is -0.950. The van der Waals surface area contributed by atoms with Crippen molar-refractivity contribution in [2.45, 2.75) is 33.3 Å². The molecule has 0 aromatic heterocycles. The van der Waals surface area contributed by atoms with Gasteiger partial charge in [0.15, 0.2) is 11.4 Å². The van der Waals surface area contributed by atoms with Gasteiger partial charge in [-0.1, -0.05) is 63.2 Å². The summed E-state index contributed by atoms with van der Waals surface area (Å²) >= 11 is 0. The monoisotopic (exact) mass is 545 g/mol.